The predicted molar refractivity (Wildman–Crippen MR) is 127 cm³/mol. The highest BCUT2D eigenvalue weighted by atomic mass is 28.4. The van der Waals surface area contributed by atoms with Gasteiger partial charge in [0, 0.05) is 13.3 Å². The van der Waals surface area contributed by atoms with Crippen molar-refractivity contribution in [2.45, 2.75) is 103 Å². The van der Waals surface area contributed by atoms with E-state index in [4.69, 9.17) is 19.0 Å². The van der Waals surface area contributed by atoms with Crippen molar-refractivity contribution >= 4 is 14.3 Å². The molecule has 4 atom stereocenters. The van der Waals surface area contributed by atoms with Gasteiger partial charge in [0.1, 0.15) is 6.10 Å². The molecule has 30 heavy (non-hydrogen) atoms. The minimum atomic E-state index is -1.82. The van der Waals surface area contributed by atoms with Crippen molar-refractivity contribution in [3.63, 3.8) is 0 Å². The van der Waals surface area contributed by atoms with Gasteiger partial charge in [-0.2, -0.15) is 0 Å². The zero-order valence-corrected chi connectivity index (χ0v) is 20.8. The van der Waals surface area contributed by atoms with Crippen molar-refractivity contribution in [1.82, 2.24) is 0 Å². The molecule has 0 fully saturated rings. The highest BCUT2D eigenvalue weighted by Gasteiger charge is 2.36. The van der Waals surface area contributed by atoms with E-state index in [1.54, 1.807) is 12.2 Å². The number of aliphatic hydroxyl groups excluding tert-OH is 1. The van der Waals surface area contributed by atoms with Crippen LogP contribution in [-0.4, -0.2) is 50.4 Å². The number of ether oxygens (including phenoxy) is 2. The Morgan fingerprint density at radius 2 is 1.47 bits per heavy atom. The molecule has 0 heterocycles. The molecule has 0 spiro atoms. The summed E-state index contributed by atoms with van der Waals surface area (Å²) in [6.45, 7) is 17.8. The van der Waals surface area contributed by atoms with Crippen molar-refractivity contribution in [2.75, 3.05) is 6.61 Å². The van der Waals surface area contributed by atoms with Crippen LogP contribution in [0.15, 0.2) is 37.5 Å². The topological polar surface area (TPSA) is 65.0 Å². The van der Waals surface area contributed by atoms with Crippen LogP contribution in [0.2, 0.25) is 18.1 Å². The van der Waals surface area contributed by atoms with Crippen LogP contribution in [-0.2, 0) is 18.7 Å². The van der Waals surface area contributed by atoms with Gasteiger partial charge in [-0.15, -0.1) is 13.2 Å². The quantitative estimate of drug-likeness (QED) is 0.172. The Bertz CT molecular complexity index is 507. The molecule has 0 aliphatic carbocycles. The molecule has 0 aliphatic rings. The summed E-state index contributed by atoms with van der Waals surface area (Å²) in [5, 5.41) is 9.11. The summed E-state index contributed by atoms with van der Waals surface area (Å²) in [7, 11) is -1.82. The van der Waals surface area contributed by atoms with Gasteiger partial charge < -0.3 is 19.0 Å². The molecule has 0 unspecified atom stereocenters. The predicted octanol–water partition coefficient (Wildman–Crippen LogP) is 5.56. The molecule has 0 aromatic heterocycles. The summed E-state index contributed by atoms with van der Waals surface area (Å²) >= 11 is 0. The van der Waals surface area contributed by atoms with E-state index in [1.807, 2.05) is 12.2 Å². The number of carbonyl (C=O) groups excluding carboxylic acids is 1. The lowest BCUT2D eigenvalue weighted by Gasteiger charge is -2.38. The monoisotopic (exact) mass is 440 g/mol. The van der Waals surface area contributed by atoms with Crippen molar-refractivity contribution in [3.8, 4) is 0 Å². The highest BCUT2D eigenvalue weighted by Crippen LogP contribution is 2.29. The van der Waals surface area contributed by atoms with Crippen LogP contribution in [0.3, 0.4) is 0 Å². The Balaban J connectivity index is 5.74. The fraction of sp³-hybridized carbons (Fsp3) is 0.708. The SMILES string of the molecule is C=CC[C@H](OC(C)=O)[C@H](C/C=C\CO)O[C@H](CC)[C@@H](CC=C)O[Si](CC)(CC)CC. The van der Waals surface area contributed by atoms with Gasteiger partial charge in [0.05, 0.1) is 24.9 Å². The van der Waals surface area contributed by atoms with Gasteiger partial charge in [-0.1, -0.05) is 52.0 Å². The van der Waals surface area contributed by atoms with E-state index in [9.17, 15) is 4.79 Å². The molecule has 0 aromatic carbocycles. The first-order valence-electron chi connectivity index (χ1n) is 11.3. The third-order valence-electron chi connectivity index (χ3n) is 5.67. The van der Waals surface area contributed by atoms with Crippen LogP contribution in [0, 0.1) is 0 Å². The normalized spacial score (nSPS) is 16.1. The van der Waals surface area contributed by atoms with E-state index < -0.39 is 14.4 Å². The largest absolute Gasteiger partial charge is 0.459 e. The van der Waals surface area contributed by atoms with Crippen LogP contribution in [0.4, 0.5) is 0 Å². The molecular formula is C24H44O5Si. The van der Waals surface area contributed by atoms with Crippen LogP contribution >= 0.6 is 0 Å². The summed E-state index contributed by atoms with van der Waals surface area (Å²) in [5.41, 5.74) is 0. The Labute approximate surface area is 185 Å². The molecule has 0 bridgehead atoms. The third kappa shape index (κ3) is 10.2. The number of carbonyl (C=O) groups is 1. The zero-order valence-electron chi connectivity index (χ0n) is 19.8. The van der Waals surface area contributed by atoms with Gasteiger partial charge in [-0.25, -0.2) is 0 Å². The average molecular weight is 441 g/mol. The van der Waals surface area contributed by atoms with Crippen LogP contribution < -0.4 is 0 Å². The first kappa shape index (κ1) is 28.8. The number of esters is 1. The lowest BCUT2D eigenvalue weighted by molar-refractivity contribution is -0.162. The van der Waals surface area contributed by atoms with E-state index in [2.05, 4.69) is 40.9 Å². The van der Waals surface area contributed by atoms with Gasteiger partial charge >= 0.3 is 5.97 Å². The maximum absolute atomic E-state index is 11.7. The van der Waals surface area contributed by atoms with Crippen molar-refractivity contribution in [1.29, 1.82) is 0 Å². The molecule has 174 valence electrons. The van der Waals surface area contributed by atoms with E-state index in [1.165, 1.54) is 6.92 Å². The second kappa shape index (κ2) is 16.5. The molecule has 6 heteroatoms. The fourth-order valence-corrected chi connectivity index (χ4v) is 6.58. The summed E-state index contributed by atoms with van der Waals surface area (Å²) in [4.78, 5) is 11.7. The fourth-order valence-electron chi connectivity index (χ4n) is 3.69. The molecule has 5 nitrogen and oxygen atoms in total. The maximum Gasteiger partial charge on any atom is 0.303 e. The third-order valence-corrected chi connectivity index (χ3v) is 10.3. The lowest BCUT2D eigenvalue weighted by Crippen LogP contribution is -2.47. The van der Waals surface area contributed by atoms with Crippen molar-refractivity contribution in [2.24, 2.45) is 0 Å². The standard InChI is InChI=1S/C24H44O5Si/c1-8-16-22(27-20(7)26)23(18-14-15-19-25)28-21(10-3)24(17-9-2)29-30(11-4,12-5)13-6/h8-9,14-15,21-25H,1-2,10-13,16-19H2,3-7H3/b15-14-/t21-,22+,23+,24-/m1/s1. The summed E-state index contributed by atoms with van der Waals surface area (Å²) in [6, 6.07) is 3.21. The Kier molecular flexibility index (Phi) is 15.8. The summed E-state index contributed by atoms with van der Waals surface area (Å²) in [6.07, 6.45) is 8.68. The molecule has 0 aromatic rings. The molecule has 1 N–H and O–H groups in total. The van der Waals surface area contributed by atoms with Gasteiger partial charge in [-0.3, -0.25) is 4.79 Å². The summed E-state index contributed by atoms with van der Waals surface area (Å²) in [5.74, 6) is -0.345. The molecule has 0 rings (SSSR count). The Hall–Kier alpha value is -1.21. The second-order valence-corrected chi connectivity index (χ2v) is 12.3. The number of rotatable bonds is 18. The van der Waals surface area contributed by atoms with E-state index in [0.29, 0.717) is 19.3 Å². The van der Waals surface area contributed by atoms with E-state index in [0.717, 1.165) is 24.6 Å². The molecular weight excluding hydrogens is 396 g/mol. The van der Waals surface area contributed by atoms with Crippen LogP contribution in [0.25, 0.3) is 0 Å². The van der Waals surface area contributed by atoms with Crippen LogP contribution in [0.5, 0.6) is 0 Å². The van der Waals surface area contributed by atoms with E-state index in [-0.39, 0.29) is 30.9 Å². The second-order valence-electron chi connectivity index (χ2n) is 7.61. The zero-order chi connectivity index (χ0) is 23.0. The molecule has 0 aliphatic heterocycles. The molecule has 0 amide bonds. The average Bonchev–Trinajstić information content (AvgIpc) is 2.73. The first-order chi connectivity index (χ1) is 14.4. The molecule has 0 saturated heterocycles. The van der Waals surface area contributed by atoms with Gasteiger partial charge in [0.15, 0.2) is 8.32 Å². The van der Waals surface area contributed by atoms with Gasteiger partial charge in [0.25, 0.3) is 0 Å². The minimum Gasteiger partial charge on any atom is -0.459 e. The molecule has 0 radical (unpaired) electrons. The smallest absolute Gasteiger partial charge is 0.303 e. The van der Waals surface area contributed by atoms with Crippen LogP contribution in [0.1, 0.15) is 60.3 Å². The van der Waals surface area contributed by atoms with Gasteiger partial charge in [-0.05, 0) is 37.4 Å². The Morgan fingerprint density at radius 1 is 0.900 bits per heavy atom. The number of hydrogen-bond acceptors (Lipinski definition) is 5. The number of aliphatic hydroxyl groups is 1. The van der Waals surface area contributed by atoms with Gasteiger partial charge in [0.2, 0.25) is 0 Å². The Morgan fingerprint density at radius 3 is 1.90 bits per heavy atom. The van der Waals surface area contributed by atoms with Crippen molar-refractivity contribution < 1.29 is 23.8 Å². The number of hydrogen-bond donors (Lipinski definition) is 1. The summed E-state index contributed by atoms with van der Waals surface area (Å²) < 4.78 is 18.9. The first-order valence-corrected chi connectivity index (χ1v) is 13.9. The maximum atomic E-state index is 11.7. The molecule has 0 saturated carbocycles. The lowest BCUT2D eigenvalue weighted by atomic mass is 10.0. The van der Waals surface area contributed by atoms with E-state index >= 15 is 0 Å². The minimum absolute atomic E-state index is 0.0383. The highest BCUT2D eigenvalue weighted by molar-refractivity contribution is 6.73. The van der Waals surface area contributed by atoms with Crippen molar-refractivity contribution in [3.05, 3.63) is 37.5 Å².